The van der Waals surface area contributed by atoms with Gasteiger partial charge in [0.2, 0.25) is 5.88 Å². The third-order valence-electron chi connectivity index (χ3n) is 2.66. The Bertz CT molecular complexity index is 553. The molecule has 0 bridgehead atoms. The van der Waals surface area contributed by atoms with Crippen LogP contribution in [0.2, 0.25) is 5.02 Å². The van der Waals surface area contributed by atoms with Gasteiger partial charge >= 0.3 is 0 Å². The summed E-state index contributed by atoms with van der Waals surface area (Å²) in [7, 11) is 0. The monoisotopic (exact) mass is 295 g/mol. The number of halogens is 2. The first-order chi connectivity index (χ1) is 9.08. The molecule has 0 N–H and O–H groups in total. The predicted octanol–water partition coefficient (Wildman–Crippen LogP) is 5.39. The predicted molar refractivity (Wildman–Crippen MR) is 79.4 cm³/mol. The number of aromatic nitrogens is 1. The zero-order valence-electron chi connectivity index (χ0n) is 10.9. The van der Waals surface area contributed by atoms with Gasteiger partial charge < -0.3 is 4.74 Å². The normalized spacial score (nSPS) is 10.8. The number of benzene rings is 1. The first-order valence-corrected chi connectivity index (χ1v) is 7.00. The Morgan fingerprint density at radius 3 is 2.42 bits per heavy atom. The van der Waals surface area contributed by atoms with Gasteiger partial charge in [0.1, 0.15) is 5.75 Å². The highest BCUT2D eigenvalue weighted by molar-refractivity contribution is 6.30. The Labute approximate surface area is 123 Å². The summed E-state index contributed by atoms with van der Waals surface area (Å²) in [6.07, 6.45) is 0. The van der Waals surface area contributed by atoms with Crippen LogP contribution in [0.3, 0.4) is 0 Å². The van der Waals surface area contributed by atoms with Crippen LogP contribution < -0.4 is 4.74 Å². The summed E-state index contributed by atoms with van der Waals surface area (Å²) in [5.74, 6) is 2.04. The molecule has 0 amide bonds. The first kappa shape index (κ1) is 14.2. The van der Waals surface area contributed by atoms with Crippen LogP contribution in [0, 0.1) is 0 Å². The molecule has 0 aliphatic carbocycles. The van der Waals surface area contributed by atoms with Crippen molar-refractivity contribution in [1.29, 1.82) is 0 Å². The molecule has 19 heavy (non-hydrogen) atoms. The van der Waals surface area contributed by atoms with Crippen LogP contribution in [0.25, 0.3) is 0 Å². The van der Waals surface area contributed by atoms with Crippen molar-refractivity contribution >= 4 is 23.2 Å². The van der Waals surface area contributed by atoms with Crippen LogP contribution >= 0.6 is 23.2 Å². The second kappa shape index (κ2) is 6.27. The van der Waals surface area contributed by atoms with Crippen LogP contribution in [0.5, 0.6) is 11.6 Å². The molecule has 2 rings (SSSR count). The van der Waals surface area contributed by atoms with E-state index in [9.17, 15) is 0 Å². The van der Waals surface area contributed by atoms with E-state index in [2.05, 4.69) is 18.8 Å². The molecule has 0 saturated carbocycles. The van der Waals surface area contributed by atoms with Crippen LogP contribution in [-0.2, 0) is 5.88 Å². The van der Waals surface area contributed by atoms with Crippen LogP contribution in [0.4, 0.5) is 0 Å². The minimum Gasteiger partial charge on any atom is -0.439 e. The van der Waals surface area contributed by atoms with E-state index in [1.165, 1.54) is 0 Å². The first-order valence-electron chi connectivity index (χ1n) is 6.08. The maximum atomic E-state index is 5.90. The number of hydrogen-bond acceptors (Lipinski definition) is 2. The molecular formula is C15H15Cl2NO. The molecule has 0 saturated heterocycles. The molecular weight excluding hydrogens is 281 g/mol. The smallest absolute Gasteiger partial charge is 0.219 e. The van der Waals surface area contributed by atoms with Gasteiger partial charge in [-0.15, -0.1) is 11.6 Å². The molecule has 100 valence electrons. The van der Waals surface area contributed by atoms with Crippen LogP contribution in [0.1, 0.15) is 31.0 Å². The summed E-state index contributed by atoms with van der Waals surface area (Å²) in [4.78, 5) is 4.48. The van der Waals surface area contributed by atoms with Crippen LogP contribution in [-0.4, -0.2) is 4.98 Å². The molecule has 0 radical (unpaired) electrons. The van der Waals surface area contributed by atoms with E-state index in [-0.39, 0.29) is 0 Å². The standard InChI is InChI=1S/C15H15Cl2NO/c1-10(2)14-7-11(9-16)8-15(18-14)19-13-5-3-12(17)4-6-13/h3-8,10H,9H2,1-2H3. The quantitative estimate of drug-likeness (QED) is 0.706. The van der Waals surface area contributed by atoms with Crippen molar-refractivity contribution in [3.8, 4) is 11.6 Å². The van der Waals surface area contributed by atoms with Gasteiger partial charge in [0.25, 0.3) is 0 Å². The molecule has 0 unspecified atom stereocenters. The van der Waals surface area contributed by atoms with Crippen molar-refractivity contribution in [1.82, 2.24) is 4.98 Å². The molecule has 1 aromatic carbocycles. The maximum absolute atomic E-state index is 5.90. The Morgan fingerprint density at radius 2 is 1.84 bits per heavy atom. The molecule has 1 aromatic heterocycles. The van der Waals surface area contributed by atoms with Crippen molar-refractivity contribution in [3.63, 3.8) is 0 Å². The van der Waals surface area contributed by atoms with E-state index in [0.29, 0.717) is 28.5 Å². The van der Waals surface area contributed by atoms with E-state index >= 15 is 0 Å². The molecule has 0 aliphatic heterocycles. The lowest BCUT2D eigenvalue weighted by Crippen LogP contribution is -1.97. The van der Waals surface area contributed by atoms with Gasteiger partial charge in [0.05, 0.1) is 0 Å². The topological polar surface area (TPSA) is 22.1 Å². The van der Waals surface area contributed by atoms with Crippen molar-refractivity contribution in [2.24, 2.45) is 0 Å². The largest absolute Gasteiger partial charge is 0.439 e. The van der Waals surface area contributed by atoms with Crippen molar-refractivity contribution in [2.45, 2.75) is 25.6 Å². The highest BCUT2D eigenvalue weighted by atomic mass is 35.5. The Kier molecular flexibility index (Phi) is 4.67. The minimum atomic E-state index is 0.329. The minimum absolute atomic E-state index is 0.329. The van der Waals surface area contributed by atoms with Crippen LogP contribution in [0.15, 0.2) is 36.4 Å². The summed E-state index contributed by atoms with van der Waals surface area (Å²) < 4.78 is 5.74. The fraction of sp³-hybridized carbons (Fsp3) is 0.267. The van der Waals surface area contributed by atoms with Gasteiger partial charge in [0.15, 0.2) is 0 Å². The highest BCUT2D eigenvalue weighted by Crippen LogP contribution is 2.25. The Hall–Kier alpha value is -1.25. The number of hydrogen-bond donors (Lipinski definition) is 0. The van der Waals surface area contributed by atoms with Gasteiger partial charge in [-0.2, -0.15) is 0 Å². The van der Waals surface area contributed by atoms with E-state index < -0.39 is 0 Å². The molecule has 0 spiro atoms. The average Bonchev–Trinajstić information content (AvgIpc) is 2.41. The maximum Gasteiger partial charge on any atom is 0.219 e. The molecule has 2 nitrogen and oxygen atoms in total. The number of rotatable bonds is 4. The van der Waals surface area contributed by atoms with E-state index in [4.69, 9.17) is 27.9 Å². The fourth-order valence-electron chi connectivity index (χ4n) is 1.63. The van der Waals surface area contributed by atoms with Gasteiger partial charge in [-0.1, -0.05) is 25.4 Å². The zero-order chi connectivity index (χ0) is 13.8. The number of nitrogens with zero attached hydrogens (tertiary/aromatic N) is 1. The van der Waals surface area contributed by atoms with Gasteiger partial charge in [-0.25, -0.2) is 4.98 Å². The molecule has 1 heterocycles. The highest BCUT2D eigenvalue weighted by Gasteiger charge is 2.07. The Balaban J connectivity index is 2.28. The summed E-state index contributed by atoms with van der Waals surface area (Å²) in [6, 6.07) is 11.1. The second-order valence-corrected chi connectivity index (χ2v) is 5.29. The number of pyridine rings is 1. The number of ether oxygens (including phenoxy) is 1. The number of alkyl halides is 1. The summed E-state index contributed by atoms with van der Waals surface area (Å²) in [6.45, 7) is 4.18. The van der Waals surface area contributed by atoms with E-state index in [1.54, 1.807) is 12.1 Å². The summed E-state index contributed by atoms with van der Waals surface area (Å²) in [5.41, 5.74) is 1.98. The Morgan fingerprint density at radius 1 is 1.16 bits per heavy atom. The second-order valence-electron chi connectivity index (χ2n) is 4.58. The molecule has 0 aliphatic rings. The van der Waals surface area contributed by atoms with Gasteiger partial charge in [-0.3, -0.25) is 0 Å². The van der Waals surface area contributed by atoms with Crippen molar-refractivity contribution in [2.75, 3.05) is 0 Å². The van der Waals surface area contributed by atoms with Crippen molar-refractivity contribution < 1.29 is 4.74 Å². The fourth-order valence-corrected chi connectivity index (χ4v) is 1.91. The lowest BCUT2D eigenvalue weighted by molar-refractivity contribution is 0.459. The molecule has 4 heteroatoms. The third kappa shape index (κ3) is 3.85. The molecule has 0 fully saturated rings. The van der Waals surface area contributed by atoms with Gasteiger partial charge in [-0.05, 0) is 41.8 Å². The van der Waals surface area contributed by atoms with Gasteiger partial charge in [0, 0.05) is 22.7 Å². The summed E-state index contributed by atoms with van der Waals surface area (Å²) >= 11 is 11.7. The van der Waals surface area contributed by atoms with Crippen molar-refractivity contribution in [3.05, 3.63) is 52.7 Å². The lowest BCUT2D eigenvalue weighted by atomic mass is 10.1. The lowest BCUT2D eigenvalue weighted by Gasteiger charge is -2.11. The summed E-state index contributed by atoms with van der Waals surface area (Å²) in [5, 5.41) is 0.678. The SMILES string of the molecule is CC(C)c1cc(CCl)cc(Oc2ccc(Cl)cc2)n1. The van der Waals surface area contributed by atoms with E-state index in [1.807, 2.05) is 24.3 Å². The molecule has 2 aromatic rings. The molecule has 0 atom stereocenters. The zero-order valence-corrected chi connectivity index (χ0v) is 12.4. The third-order valence-corrected chi connectivity index (χ3v) is 3.22. The van der Waals surface area contributed by atoms with E-state index in [0.717, 1.165) is 11.3 Å². The average molecular weight is 296 g/mol.